The minimum absolute atomic E-state index is 0.330. The van der Waals surface area contributed by atoms with E-state index >= 15 is 0 Å². The van der Waals surface area contributed by atoms with E-state index in [1.165, 1.54) is 0 Å². The van der Waals surface area contributed by atoms with Gasteiger partial charge in [0.15, 0.2) is 6.29 Å². The summed E-state index contributed by atoms with van der Waals surface area (Å²) in [4.78, 5) is 14.6. The summed E-state index contributed by atoms with van der Waals surface area (Å²) in [6.07, 6.45) is -0.526. The number of hydrogen-bond acceptors (Lipinski definition) is 5. The Morgan fingerprint density at radius 2 is 1.37 bits per heavy atom. The molecule has 4 aromatic rings. The first-order chi connectivity index (χ1) is 18.7. The van der Waals surface area contributed by atoms with Gasteiger partial charge >= 0.3 is 0 Å². The summed E-state index contributed by atoms with van der Waals surface area (Å²) in [5, 5.41) is 0. The van der Waals surface area contributed by atoms with E-state index < -0.39 is 23.9 Å². The van der Waals surface area contributed by atoms with Crippen LogP contribution in [0.2, 0.25) is 0 Å². The largest absolute Gasteiger partial charge is 0.374 e. The molecule has 1 aromatic heterocycles. The lowest BCUT2D eigenvalue weighted by atomic mass is 9.90. The number of H-pyrrole nitrogens is 1. The zero-order valence-corrected chi connectivity index (χ0v) is 21.5. The molecule has 0 radical (unpaired) electrons. The fraction of sp³-hybridized carbons (Fsp3) is 0.281. The highest BCUT2D eigenvalue weighted by Crippen LogP contribution is 2.46. The number of aldehydes is 1. The molecule has 6 nitrogen and oxygen atoms in total. The second-order valence-electron chi connectivity index (χ2n) is 9.72. The van der Waals surface area contributed by atoms with E-state index in [0.29, 0.717) is 32.1 Å². The van der Waals surface area contributed by atoms with Gasteiger partial charge in [0.1, 0.15) is 23.9 Å². The first-order valence-corrected chi connectivity index (χ1v) is 12.9. The highest BCUT2D eigenvalue weighted by molar-refractivity contribution is 5.72. The Morgan fingerprint density at radius 1 is 0.789 bits per heavy atom. The highest BCUT2D eigenvalue weighted by Gasteiger charge is 2.56. The van der Waals surface area contributed by atoms with E-state index in [1.54, 1.807) is 6.07 Å². The predicted molar refractivity (Wildman–Crippen MR) is 145 cm³/mol. The number of rotatable bonds is 12. The summed E-state index contributed by atoms with van der Waals surface area (Å²) in [5.74, 6) is 0. The van der Waals surface area contributed by atoms with E-state index in [0.717, 1.165) is 28.7 Å². The molecular weight excluding hydrogens is 478 g/mol. The van der Waals surface area contributed by atoms with Gasteiger partial charge in [-0.1, -0.05) is 91.0 Å². The van der Waals surface area contributed by atoms with E-state index in [2.05, 4.69) is 4.98 Å². The molecule has 0 spiro atoms. The van der Waals surface area contributed by atoms with Crippen LogP contribution in [0, 0.1) is 0 Å². The fourth-order valence-electron chi connectivity index (χ4n) is 4.93. The number of ether oxygens (including phenoxy) is 4. The molecule has 3 aromatic carbocycles. The van der Waals surface area contributed by atoms with E-state index in [-0.39, 0.29) is 0 Å². The van der Waals surface area contributed by atoms with Crippen molar-refractivity contribution in [3.8, 4) is 0 Å². The van der Waals surface area contributed by atoms with Crippen LogP contribution in [-0.4, -0.2) is 35.7 Å². The lowest BCUT2D eigenvalue weighted by Gasteiger charge is -2.35. The lowest BCUT2D eigenvalue weighted by molar-refractivity contribution is -0.148. The van der Waals surface area contributed by atoms with Crippen LogP contribution in [0.1, 0.15) is 45.9 Å². The molecule has 0 amide bonds. The van der Waals surface area contributed by atoms with Crippen LogP contribution in [0.15, 0.2) is 103 Å². The van der Waals surface area contributed by atoms with E-state index in [9.17, 15) is 4.79 Å². The Bertz CT molecular complexity index is 1280. The van der Waals surface area contributed by atoms with Crippen LogP contribution in [0.25, 0.3) is 0 Å². The van der Waals surface area contributed by atoms with Gasteiger partial charge in [0.25, 0.3) is 0 Å². The third kappa shape index (κ3) is 6.11. The van der Waals surface area contributed by atoms with Gasteiger partial charge in [0, 0.05) is 5.69 Å². The molecule has 1 aliphatic rings. The monoisotopic (exact) mass is 511 g/mol. The van der Waals surface area contributed by atoms with Crippen molar-refractivity contribution in [3.05, 3.63) is 131 Å². The van der Waals surface area contributed by atoms with Crippen molar-refractivity contribution in [2.75, 3.05) is 6.61 Å². The molecule has 0 bridgehead atoms. The number of aromatic amines is 1. The maximum absolute atomic E-state index is 11.4. The summed E-state index contributed by atoms with van der Waals surface area (Å²) < 4.78 is 26.0. The number of aromatic nitrogens is 1. The molecule has 0 saturated carbocycles. The summed E-state index contributed by atoms with van der Waals surface area (Å²) in [7, 11) is 0. The highest BCUT2D eigenvalue weighted by atomic mass is 16.6. The van der Waals surface area contributed by atoms with Gasteiger partial charge in [-0.3, -0.25) is 4.79 Å². The quantitative estimate of drug-likeness (QED) is 0.235. The van der Waals surface area contributed by atoms with Gasteiger partial charge < -0.3 is 23.9 Å². The first-order valence-electron chi connectivity index (χ1n) is 12.9. The molecule has 1 unspecified atom stereocenters. The number of nitrogens with one attached hydrogen (secondary N) is 1. The zero-order valence-electron chi connectivity index (χ0n) is 21.5. The average molecular weight is 512 g/mol. The Balaban J connectivity index is 1.41. The minimum atomic E-state index is -0.865. The third-order valence-corrected chi connectivity index (χ3v) is 6.93. The van der Waals surface area contributed by atoms with Crippen molar-refractivity contribution in [1.29, 1.82) is 0 Å². The minimum Gasteiger partial charge on any atom is -0.374 e. The SMILES string of the molecule is C[C@@]1(OCc2ccccc2)[C@H](OCc2ccccc2)C(COCc2ccccc2)O[C@H]1c1ccc(C=O)[nH]1. The summed E-state index contributed by atoms with van der Waals surface area (Å²) >= 11 is 0. The van der Waals surface area contributed by atoms with Gasteiger partial charge in [0.2, 0.25) is 0 Å². The van der Waals surface area contributed by atoms with Crippen molar-refractivity contribution in [2.24, 2.45) is 0 Å². The Hall–Kier alpha value is -3.55. The molecule has 1 N–H and O–H groups in total. The summed E-state index contributed by atoms with van der Waals surface area (Å²) in [6, 6.07) is 33.8. The van der Waals surface area contributed by atoms with E-state index in [1.807, 2.05) is 104 Å². The van der Waals surface area contributed by atoms with Crippen LogP contribution in [0.5, 0.6) is 0 Å². The standard InChI is InChI=1S/C32H33NO5/c1-32(37-22-26-15-9-4-10-16-26)30(28-18-17-27(19-34)33-28)38-29(23-35-20-24-11-5-2-6-12-24)31(32)36-21-25-13-7-3-8-14-25/h2-19,29-31,33H,20-23H2,1H3/t29?,30-,31+,32-/m0/s1. The molecule has 4 atom stereocenters. The van der Waals surface area contributed by atoms with Crippen molar-refractivity contribution in [3.63, 3.8) is 0 Å². The van der Waals surface area contributed by atoms with Gasteiger partial charge in [-0.15, -0.1) is 0 Å². The molecular formula is C32H33NO5. The van der Waals surface area contributed by atoms with Crippen LogP contribution < -0.4 is 0 Å². The van der Waals surface area contributed by atoms with E-state index in [4.69, 9.17) is 18.9 Å². The van der Waals surface area contributed by atoms with Crippen LogP contribution >= 0.6 is 0 Å². The third-order valence-electron chi connectivity index (χ3n) is 6.93. The molecule has 2 heterocycles. The Kier molecular flexibility index (Phi) is 8.46. The van der Waals surface area contributed by atoms with Crippen molar-refractivity contribution in [2.45, 2.75) is 50.7 Å². The number of carbonyl (C=O) groups excluding carboxylic acids is 1. The fourth-order valence-corrected chi connectivity index (χ4v) is 4.93. The van der Waals surface area contributed by atoms with Crippen LogP contribution in [0.4, 0.5) is 0 Å². The lowest BCUT2D eigenvalue weighted by Crippen LogP contribution is -2.47. The van der Waals surface area contributed by atoms with Crippen molar-refractivity contribution < 1.29 is 23.7 Å². The molecule has 6 heteroatoms. The van der Waals surface area contributed by atoms with Crippen molar-refractivity contribution >= 4 is 6.29 Å². The van der Waals surface area contributed by atoms with Gasteiger partial charge in [-0.25, -0.2) is 0 Å². The number of carbonyl (C=O) groups is 1. The molecule has 1 fully saturated rings. The topological polar surface area (TPSA) is 69.8 Å². The van der Waals surface area contributed by atoms with Gasteiger partial charge in [-0.05, 0) is 35.7 Å². The van der Waals surface area contributed by atoms with Gasteiger partial charge in [0.05, 0.1) is 32.1 Å². The smallest absolute Gasteiger partial charge is 0.166 e. The average Bonchev–Trinajstić information content (AvgIpc) is 3.55. The summed E-state index contributed by atoms with van der Waals surface area (Å²) in [6.45, 7) is 3.62. The Labute approximate surface area is 223 Å². The molecule has 1 saturated heterocycles. The molecule has 1 aliphatic heterocycles. The van der Waals surface area contributed by atoms with Gasteiger partial charge in [-0.2, -0.15) is 0 Å². The maximum atomic E-state index is 11.4. The number of hydrogen-bond donors (Lipinski definition) is 1. The molecule has 0 aliphatic carbocycles. The number of benzene rings is 3. The second kappa shape index (κ2) is 12.3. The predicted octanol–water partition coefficient (Wildman–Crippen LogP) is 6.04. The first kappa shape index (κ1) is 26.1. The molecule has 5 rings (SSSR count). The molecule has 196 valence electrons. The Morgan fingerprint density at radius 3 is 1.95 bits per heavy atom. The summed E-state index contributed by atoms with van der Waals surface area (Å²) in [5.41, 5.74) is 3.59. The maximum Gasteiger partial charge on any atom is 0.166 e. The zero-order chi connectivity index (χ0) is 26.2. The van der Waals surface area contributed by atoms with Crippen LogP contribution in [-0.2, 0) is 38.8 Å². The molecule has 38 heavy (non-hydrogen) atoms. The van der Waals surface area contributed by atoms with Crippen LogP contribution in [0.3, 0.4) is 0 Å². The van der Waals surface area contributed by atoms with Crippen molar-refractivity contribution in [1.82, 2.24) is 4.98 Å². The normalized spacial score (nSPS) is 22.9. The second-order valence-corrected chi connectivity index (χ2v) is 9.72.